The summed E-state index contributed by atoms with van der Waals surface area (Å²) in [5, 5.41) is 0. The number of morpholine rings is 1. The van der Waals surface area contributed by atoms with Crippen molar-refractivity contribution in [2.75, 3.05) is 24.7 Å². The first-order chi connectivity index (χ1) is 10.4. The molecule has 0 bridgehead atoms. The number of ether oxygens (including phenoxy) is 1. The fourth-order valence-corrected chi connectivity index (χ4v) is 5.04. The minimum absolute atomic E-state index is 0.0241. The lowest BCUT2D eigenvalue weighted by Crippen LogP contribution is -2.53. The summed E-state index contributed by atoms with van der Waals surface area (Å²) >= 11 is 0. The summed E-state index contributed by atoms with van der Waals surface area (Å²) < 4.78 is 29.0. The second-order valence-corrected chi connectivity index (χ2v) is 8.28. The maximum atomic E-state index is 12.5. The van der Waals surface area contributed by atoms with Crippen molar-refractivity contribution in [3.63, 3.8) is 0 Å². The van der Waals surface area contributed by atoms with E-state index in [0.29, 0.717) is 26.0 Å². The van der Waals surface area contributed by atoms with Gasteiger partial charge in [0.1, 0.15) is 0 Å². The van der Waals surface area contributed by atoms with Crippen molar-refractivity contribution in [3.05, 3.63) is 35.4 Å². The van der Waals surface area contributed by atoms with Crippen LogP contribution in [0.25, 0.3) is 0 Å². The molecule has 0 radical (unpaired) electrons. The summed E-state index contributed by atoms with van der Waals surface area (Å²) in [5.74, 6) is 0.101. The van der Waals surface area contributed by atoms with E-state index in [0.717, 1.165) is 5.56 Å². The van der Waals surface area contributed by atoms with E-state index in [9.17, 15) is 13.2 Å². The molecule has 1 aromatic carbocycles. The van der Waals surface area contributed by atoms with E-state index >= 15 is 0 Å². The number of fused-ring (bicyclic) bond motifs is 1. The second kappa shape index (κ2) is 6.01. The maximum Gasteiger partial charge on any atom is 0.223 e. The Morgan fingerprint density at radius 2 is 2.00 bits per heavy atom. The van der Waals surface area contributed by atoms with Crippen molar-refractivity contribution in [1.82, 2.24) is 4.90 Å². The Kier molecular flexibility index (Phi) is 4.23. The molecule has 0 spiro atoms. The number of carbonyl (C=O) groups excluding carboxylic acids is 1. The molecule has 1 aromatic rings. The average molecular weight is 323 g/mol. The number of sulfone groups is 1. The third-order valence-electron chi connectivity index (χ3n) is 4.40. The molecule has 1 amide bonds. The van der Waals surface area contributed by atoms with E-state index in [1.165, 1.54) is 5.56 Å². The van der Waals surface area contributed by atoms with E-state index < -0.39 is 9.84 Å². The second-order valence-electron chi connectivity index (χ2n) is 6.13. The molecule has 6 heteroatoms. The maximum absolute atomic E-state index is 12.5. The van der Waals surface area contributed by atoms with Gasteiger partial charge in [0.25, 0.3) is 0 Å². The Balaban J connectivity index is 1.63. The van der Waals surface area contributed by atoms with Crippen molar-refractivity contribution < 1.29 is 17.9 Å². The predicted molar refractivity (Wildman–Crippen MR) is 83.4 cm³/mol. The average Bonchev–Trinajstić information content (AvgIpc) is 2.80. The molecule has 0 saturated carbocycles. The molecule has 2 aliphatic heterocycles. The van der Waals surface area contributed by atoms with Crippen LogP contribution in [0, 0.1) is 6.92 Å². The minimum Gasteiger partial charge on any atom is -0.373 e. The van der Waals surface area contributed by atoms with E-state index in [1.54, 1.807) is 4.90 Å². The van der Waals surface area contributed by atoms with Crippen LogP contribution in [0.4, 0.5) is 0 Å². The highest BCUT2D eigenvalue weighted by Gasteiger charge is 2.45. The SMILES string of the molecule is Cc1ccc(CCC(=O)N2CCOC3CS(=O)(=O)CC32)cc1. The van der Waals surface area contributed by atoms with Crippen LogP contribution in [0.15, 0.2) is 24.3 Å². The minimum atomic E-state index is -3.09. The number of hydrogen-bond acceptors (Lipinski definition) is 4. The van der Waals surface area contributed by atoms with Crippen LogP contribution < -0.4 is 0 Å². The molecule has 22 heavy (non-hydrogen) atoms. The Bertz CT molecular complexity index is 653. The highest BCUT2D eigenvalue weighted by Crippen LogP contribution is 2.25. The normalized spacial score (nSPS) is 26.7. The van der Waals surface area contributed by atoms with Crippen LogP contribution in [-0.4, -0.2) is 56.0 Å². The van der Waals surface area contributed by atoms with Crippen molar-refractivity contribution in [1.29, 1.82) is 0 Å². The van der Waals surface area contributed by atoms with Crippen LogP contribution in [0.1, 0.15) is 17.5 Å². The van der Waals surface area contributed by atoms with E-state index in [4.69, 9.17) is 4.74 Å². The van der Waals surface area contributed by atoms with Gasteiger partial charge in [-0.3, -0.25) is 4.79 Å². The van der Waals surface area contributed by atoms with Crippen LogP contribution in [0.5, 0.6) is 0 Å². The zero-order valence-corrected chi connectivity index (χ0v) is 13.5. The van der Waals surface area contributed by atoms with Gasteiger partial charge in [0.2, 0.25) is 5.91 Å². The molecule has 0 N–H and O–H groups in total. The van der Waals surface area contributed by atoms with Crippen molar-refractivity contribution >= 4 is 15.7 Å². The quantitative estimate of drug-likeness (QED) is 0.831. The Labute approximate surface area is 131 Å². The largest absolute Gasteiger partial charge is 0.373 e. The summed E-state index contributed by atoms with van der Waals surface area (Å²) in [6.45, 7) is 2.94. The highest BCUT2D eigenvalue weighted by molar-refractivity contribution is 7.91. The van der Waals surface area contributed by atoms with E-state index in [-0.39, 0.29) is 29.6 Å². The third-order valence-corrected chi connectivity index (χ3v) is 6.09. The topological polar surface area (TPSA) is 63.7 Å². The summed E-state index contributed by atoms with van der Waals surface area (Å²) in [6, 6.07) is 7.84. The lowest BCUT2D eigenvalue weighted by Gasteiger charge is -2.36. The third kappa shape index (κ3) is 3.33. The van der Waals surface area contributed by atoms with Crippen LogP contribution in [0.2, 0.25) is 0 Å². The fraction of sp³-hybridized carbons (Fsp3) is 0.562. The van der Waals surface area contributed by atoms with Crippen LogP contribution >= 0.6 is 0 Å². The molecule has 2 unspecified atom stereocenters. The zero-order valence-electron chi connectivity index (χ0n) is 12.7. The van der Waals surface area contributed by atoms with Gasteiger partial charge in [0.05, 0.1) is 30.3 Å². The summed E-state index contributed by atoms with van der Waals surface area (Å²) in [7, 11) is -3.09. The van der Waals surface area contributed by atoms with Gasteiger partial charge in [-0.2, -0.15) is 0 Å². The highest BCUT2D eigenvalue weighted by atomic mass is 32.2. The zero-order chi connectivity index (χ0) is 15.7. The standard InChI is InChI=1S/C16H21NO4S/c1-12-2-4-13(5-3-12)6-7-16(18)17-8-9-21-15-11-22(19,20)10-14(15)17/h2-5,14-15H,6-11H2,1H3. The Morgan fingerprint density at radius 1 is 1.27 bits per heavy atom. The van der Waals surface area contributed by atoms with Gasteiger partial charge < -0.3 is 9.64 Å². The number of hydrogen-bond donors (Lipinski definition) is 0. The summed E-state index contributed by atoms with van der Waals surface area (Å²) in [5.41, 5.74) is 2.32. The number of aryl methyl sites for hydroxylation is 2. The first-order valence-corrected chi connectivity index (χ1v) is 9.44. The van der Waals surface area contributed by atoms with Crippen LogP contribution in [-0.2, 0) is 25.8 Å². The van der Waals surface area contributed by atoms with Gasteiger partial charge >= 0.3 is 0 Å². The van der Waals surface area contributed by atoms with Crippen molar-refractivity contribution in [2.24, 2.45) is 0 Å². The van der Waals surface area contributed by atoms with Gasteiger partial charge in [0, 0.05) is 13.0 Å². The van der Waals surface area contributed by atoms with E-state index in [2.05, 4.69) is 0 Å². The lowest BCUT2D eigenvalue weighted by atomic mass is 10.1. The lowest BCUT2D eigenvalue weighted by molar-refractivity contribution is -0.142. The number of carbonyl (C=O) groups is 1. The number of amides is 1. The Morgan fingerprint density at radius 3 is 2.73 bits per heavy atom. The molecule has 3 rings (SSSR count). The monoisotopic (exact) mass is 323 g/mol. The molecule has 2 fully saturated rings. The molecule has 0 aliphatic carbocycles. The predicted octanol–water partition coefficient (Wildman–Crippen LogP) is 0.952. The summed E-state index contributed by atoms with van der Waals surface area (Å²) in [4.78, 5) is 14.2. The van der Waals surface area contributed by atoms with Crippen molar-refractivity contribution in [3.8, 4) is 0 Å². The van der Waals surface area contributed by atoms with Gasteiger partial charge in [-0.25, -0.2) is 8.42 Å². The van der Waals surface area contributed by atoms with Gasteiger partial charge in [-0.1, -0.05) is 29.8 Å². The molecule has 5 nitrogen and oxygen atoms in total. The molecule has 2 saturated heterocycles. The molecule has 2 aliphatic rings. The molecule has 2 atom stereocenters. The van der Waals surface area contributed by atoms with Crippen molar-refractivity contribution in [2.45, 2.75) is 31.9 Å². The molecule has 120 valence electrons. The summed E-state index contributed by atoms with van der Waals surface area (Å²) in [6.07, 6.45) is 0.745. The molecule has 0 aromatic heterocycles. The smallest absolute Gasteiger partial charge is 0.223 e. The number of nitrogens with zero attached hydrogens (tertiary/aromatic N) is 1. The van der Waals surface area contributed by atoms with Gasteiger partial charge in [0.15, 0.2) is 9.84 Å². The van der Waals surface area contributed by atoms with Gasteiger partial charge in [-0.15, -0.1) is 0 Å². The molecule has 2 heterocycles. The van der Waals surface area contributed by atoms with Crippen LogP contribution in [0.3, 0.4) is 0 Å². The first kappa shape index (κ1) is 15.5. The molecular weight excluding hydrogens is 302 g/mol. The molecular formula is C16H21NO4S. The Hall–Kier alpha value is -1.40. The number of benzene rings is 1. The fourth-order valence-electron chi connectivity index (χ4n) is 3.17. The first-order valence-electron chi connectivity index (χ1n) is 7.62. The van der Waals surface area contributed by atoms with E-state index in [1.807, 2.05) is 31.2 Å². The number of rotatable bonds is 3. The van der Waals surface area contributed by atoms with Gasteiger partial charge in [-0.05, 0) is 18.9 Å².